The largest absolute Gasteiger partial charge is 0.356 e. The molecule has 118 valence electrons. The average molecular weight is 316 g/mol. The quantitative estimate of drug-likeness (QED) is 0.658. The van der Waals surface area contributed by atoms with Crippen molar-refractivity contribution in [2.75, 3.05) is 13.6 Å². The number of thiazole rings is 1. The van der Waals surface area contributed by atoms with Gasteiger partial charge in [0.15, 0.2) is 5.96 Å². The number of aryl methyl sites for hydroxylation is 3. The third-order valence-corrected chi connectivity index (χ3v) is 4.41. The van der Waals surface area contributed by atoms with Crippen molar-refractivity contribution in [3.63, 3.8) is 0 Å². The van der Waals surface area contributed by atoms with E-state index >= 15 is 0 Å². The highest BCUT2D eigenvalue weighted by Gasteiger charge is 2.03. The highest BCUT2D eigenvalue weighted by molar-refractivity contribution is 7.09. The highest BCUT2D eigenvalue weighted by Crippen LogP contribution is 2.11. The average Bonchev–Trinajstić information content (AvgIpc) is 2.87. The Labute approximate surface area is 136 Å². The lowest BCUT2D eigenvalue weighted by molar-refractivity contribution is 0.796. The number of nitrogens with zero attached hydrogens (tertiary/aromatic N) is 2. The topological polar surface area (TPSA) is 49.3 Å². The number of rotatable bonds is 5. The van der Waals surface area contributed by atoms with E-state index in [-0.39, 0.29) is 0 Å². The van der Waals surface area contributed by atoms with Gasteiger partial charge in [-0.05, 0) is 32.8 Å². The van der Waals surface area contributed by atoms with Gasteiger partial charge in [-0.15, -0.1) is 11.3 Å². The summed E-state index contributed by atoms with van der Waals surface area (Å²) in [7, 11) is 1.80. The minimum absolute atomic E-state index is 0.764. The molecule has 0 fully saturated rings. The van der Waals surface area contributed by atoms with E-state index in [1.165, 1.54) is 21.6 Å². The second kappa shape index (κ2) is 7.94. The van der Waals surface area contributed by atoms with Gasteiger partial charge in [-0.3, -0.25) is 4.99 Å². The van der Waals surface area contributed by atoms with Crippen molar-refractivity contribution in [3.05, 3.63) is 51.0 Å². The molecule has 0 aliphatic rings. The maximum atomic E-state index is 4.26. The first-order chi connectivity index (χ1) is 10.6. The summed E-state index contributed by atoms with van der Waals surface area (Å²) in [6, 6.07) is 6.69. The number of benzene rings is 1. The number of hydrogen-bond acceptors (Lipinski definition) is 3. The molecule has 0 bridgehead atoms. The normalized spacial score (nSPS) is 11.5. The van der Waals surface area contributed by atoms with Crippen LogP contribution in [0.25, 0.3) is 0 Å². The van der Waals surface area contributed by atoms with Crippen LogP contribution in [0.3, 0.4) is 0 Å². The van der Waals surface area contributed by atoms with Gasteiger partial charge in [0.25, 0.3) is 0 Å². The van der Waals surface area contributed by atoms with Crippen molar-refractivity contribution in [1.82, 2.24) is 15.6 Å². The monoisotopic (exact) mass is 316 g/mol. The molecule has 0 saturated heterocycles. The Morgan fingerprint density at radius 2 is 1.86 bits per heavy atom. The summed E-state index contributed by atoms with van der Waals surface area (Å²) in [6.45, 7) is 7.94. The molecule has 0 atom stereocenters. The first-order valence-electron chi connectivity index (χ1n) is 7.49. The molecule has 1 heterocycles. The predicted octanol–water partition coefficient (Wildman–Crippen LogP) is 2.98. The molecule has 0 radical (unpaired) electrons. The molecular formula is C17H24N4S. The zero-order chi connectivity index (χ0) is 15.9. The summed E-state index contributed by atoms with van der Waals surface area (Å²) < 4.78 is 0. The Balaban J connectivity index is 1.80. The van der Waals surface area contributed by atoms with Crippen molar-refractivity contribution in [2.45, 2.75) is 33.7 Å². The molecule has 5 heteroatoms. The first kappa shape index (κ1) is 16.5. The zero-order valence-corrected chi connectivity index (χ0v) is 14.5. The molecule has 1 aromatic heterocycles. The van der Waals surface area contributed by atoms with E-state index < -0.39 is 0 Å². The lowest BCUT2D eigenvalue weighted by Crippen LogP contribution is -2.37. The van der Waals surface area contributed by atoms with Crippen LogP contribution in [0.2, 0.25) is 0 Å². The molecule has 4 nitrogen and oxygen atoms in total. The molecule has 2 N–H and O–H groups in total. The van der Waals surface area contributed by atoms with Gasteiger partial charge in [0.1, 0.15) is 0 Å². The third kappa shape index (κ3) is 4.84. The van der Waals surface area contributed by atoms with E-state index in [1.54, 1.807) is 18.4 Å². The minimum Gasteiger partial charge on any atom is -0.356 e. The van der Waals surface area contributed by atoms with E-state index in [1.807, 2.05) is 12.4 Å². The summed E-state index contributed by atoms with van der Waals surface area (Å²) in [4.78, 5) is 9.77. The lowest BCUT2D eigenvalue weighted by Gasteiger charge is -2.12. The molecule has 22 heavy (non-hydrogen) atoms. The molecule has 0 unspecified atom stereocenters. The standard InChI is InChI=1S/C17H24N4S/c1-12-7-13(2)9-15(8-12)5-6-19-17(18-4)20-10-16-14(3)21-11-22-16/h7-9,11H,5-6,10H2,1-4H3,(H2,18,19,20). The number of hydrogen-bond donors (Lipinski definition) is 2. The van der Waals surface area contributed by atoms with E-state index in [2.05, 4.69) is 52.7 Å². The summed E-state index contributed by atoms with van der Waals surface area (Å²) in [5.74, 6) is 0.831. The summed E-state index contributed by atoms with van der Waals surface area (Å²) >= 11 is 1.67. The van der Waals surface area contributed by atoms with Gasteiger partial charge < -0.3 is 10.6 Å². The van der Waals surface area contributed by atoms with Gasteiger partial charge in [-0.1, -0.05) is 29.3 Å². The Kier molecular flexibility index (Phi) is 5.95. The third-order valence-electron chi connectivity index (χ3n) is 3.47. The number of aliphatic imine (C=N–C) groups is 1. The fourth-order valence-corrected chi connectivity index (χ4v) is 3.14. The molecule has 0 aliphatic heterocycles. The summed E-state index contributed by atoms with van der Waals surface area (Å²) in [5, 5.41) is 6.69. The van der Waals surface area contributed by atoms with Crippen LogP contribution >= 0.6 is 11.3 Å². The van der Waals surface area contributed by atoms with Gasteiger partial charge >= 0.3 is 0 Å². The van der Waals surface area contributed by atoms with Gasteiger partial charge in [0.2, 0.25) is 0 Å². The van der Waals surface area contributed by atoms with Gasteiger partial charge in [-0.25, -0.2) is 4.98 Å². The number of guanidine groups is 1. The van der Waals surface area contributed by atoms with Crippen LogP contribution in [0.5, 0.6) is 0 Å². The Morgan fingerprint density at radius 1 is 1.14 bits per heavy atom. The molecule has 0 aliphatic carbocycles. The van der Waals surface area contributed by atoms with Crippen LogP contribution in [-0.4, -0.2) is 24.5 Å². The fourth-order valence-electron chi connectivity index (χ4n) is 2.42. The zero-order valence-electron chi connectivity index (χ0n) is 13.7. The number of aromatic nitrogens is 1. The van der Waals surface area contributed by atoms with E-state index in [9.17, 15) is 0 Å². The van der Waals surface area contributed by atoms with Crippen molar-refractivity contribution in [3.8, 4) is 0 Å². The predicted molar refractivity (Wildman–Crippen MR) is 94.7 cm³/mol. The molecule has 1 aromatic carbocycles. The molecule has 0 spiro atoms. The van der Waals surface area contributed by atoms with Crippen LogP contribution in [0.1, 0.15) is 27.3 Å². The minimum atomic E-state index is 0.764. The molecule has 0 saturated carbocycles. The second-order valence-corrected chi connectivity index (χ2v) is 6.40. The van der Waals surface area contributed by atoms with Crippen molar-refractivity contribution in [2.24, 2.45) is 4.99 Å². The first-order valence-corrected chi connectivity index (χ1v) is 8.37. The summed E-state index contributed by atoms with van der Waals surface area (Å²) in [6.07, 6.45) is 0.989. The smallest absolute Gasteiger partial charge is 0.191 e. The lowest BCUT2D eigenvalue weighted by atomic mass is 10.1. The highest BCUT2D eigenvalue weighted by atomic mass is 32.1. The van der Waals surface area contributed by atoms with E-state index in [0.717, 1.165) is 31.2 Å². The van der Waals surface area contributed by atoms with E-state index in [4.69, 9.17) is 0 Å². The van der Waals surface area contributed by atoms with Crippen LogP contribution in [0.4, 0.5) is 0 Å². The Hall–Kier alpha value is -1.88. The number of nitrogens with one attached hydrogen (secondary N) is 2. The van der Waals surface area contributed by atoms with Gasteiger partial charge in [0, 0.05) is 18.5 Å². The maximum absolute atomic E-state index is 4.26. The molecule has 2 aromatic rings. The van der Waals surface area contributed by atoms with Crippen LogP contribution < -0.4 is 10.6 Å². The molecular weight excluding hydrogens is 292 g/mol. The van der Waals surface area contributed by atoms with Gasteiger partial charge in [0.05, 0.1) is 17.7 Å². The fraction of sp³-hybridized carbons (Fsp3) is 0.412. The van der Waals surface area contributed by atoms with Gasteiger partial charge in [-0.2, -0.15) is 0 Å². The van der Waals surface area contributed by atoms with Crippen LogP contribution in [0, 0.1) is 20.8 Å². The molecule has 2 rings (SSSR count). The van der Waals surface area contributed by atoms with Crippen molar-refractivity contribution < 1.29 is 0 Å². The second-order valence-electron chi connectivity index (χ2n) is 5.46. The van der Waals surface area contributed by atoms with Crippen LogP contribution in [0.15, 0.2) is 28.7 Å². The Morgan fingerprint density at radius 3 is 2.45 bits per heavy atom. The molecule has 0 amide bonds. The van der Waals surface area contributed by atoms with Crippen molar-refractivity contribution >= 4 is 17.3 Å². The van der Waals surface area contributed by atoms with Crippen LogP contribution in [-0.2, 0) is 13.0 Å². The SMILES string of the molecule is CN=C(NCCc1cc(C)cc(C)c1)NCc1scnc1C. The maximum Gasteiger partial charge on any atom is 0.191 e. The van der Waals surface area contributed by atoms with Crippen molar-refractivity contribution in [1.29, 1.82) is 0 Å². The van der Waals surface area contributed by atoms with E-state index in [0.29, 0.717) is 0 Å². The Bertz CT molecular complexity index is 626. The summed E-state index contributed by atoms with van der Waals surface area (Å²) in [5.41, 5.74) is 6.96.